The molecular formula is C23H30FN5O5. The largest absolute Gasteiger partial charge is 0.488 e. The SMILES string of the molecule is Cc1nc(-c2nnn(C)c2CNC(=O)OCC2CCC2)c(F)cc1O[C@H]1CCC[C@H](C(=O)O)C1. The molecule has 4 rings (SSSR count). The zero-order valence-electron chi connectivity index (χ0n) is 19.4. The van der Waals surface area contributed by atoms with Gasteiger partial charge in [-0.1, -0.05) is 11.6 Å². The Morgan fingerprint density at radius 2 is 2.00 bits per heavy atom. The summed E-state index contributed by atoms with van der Waals surface area (Å²) >= 11 is 0. The Balaban J connectivity index is 1.44. The van der Waals surface area contributed by atoms with E-state index in [4.69, 9.17) is 9.47 Å². The monoisotopic (exact) mass is 475 g/mol. The molecule has 2 aliphatic carbocycles. The molecule has 184 valence electrons. The van der Waals surface area contributed by atoms with Crippen LogP contribution in [0.2, 0.25) is 0 Å². The second-order valence-corrected chi connectivity index (χ2v) is 9.10. The van der Waals surface area contributed by atoms with Gasteiger partial charge in [-0.05, 0) is 51.4 Å². The third-order valence-electron chi connectivity index (χ3n) is 6.63. The Labute approximate surface area is 196 Å². The van der Waals surface area contributed by atoms with Crippen molar-refractivity contribution in [3.05, 3.63) is 23.3 Å². The van der Waals surface area contributed by atoms with E-state index >= 15 is 4.39 Å². The van der Waals surface area contributed by atoms with Gasteiger partial charge in [0, 0.05) is 13.1 Å². The lowest BCUT2D eigenvalue weighted by molar-refractivity contribution is -0.143. The quantitative estimate of drug-likeness (QED) is 0.595. The Morgan fingerprint density at radius 3 is 2.71 bits per heavy atom. The summed E-state index contributed by atoms with van der Waals surface area (Å²) in [6.07, 6.45) is 4.94. The van der Waals surface area contributed by atoms with Crippen LogP contribution in [0.5, 0.6) is 5.75 Å². The molecule has 0 aliphatic heterocycles. The lowest BCUT2D eigenvalue weighted by Crippen LogP contribution is -2.29. The molecule has 0 bridgehead atoms. The van der Waals surface area contributed by atoms with E-state index in [0.717, 1.165) is 19.3 Å². The van der Waals surface area contributed by atoms with Gasteiger partial charge in [0.15, 0.2) is 5.82 Å². The van der Waals surface area contributed by atoms with Gasteiger partial charge in [-0.3, -0.25) is 4.79 Å². The number of carboxylic acid groups (broad SMARTS) is 1. The van der Waals surface area contributed by atoms with E-state index in [-0.39, 0.29) is 29.8 Å². The van der Waals surface area contributed by atoms with Crippen molar-refractivity contribution in [2.75, 3.05) is 6.61 Å². The Kier molecular flexibility index (Phi) is 7.28. The molecule has 34 heavy (non-hydrogen) atoms. The van der Waals surface area contributed by atoms with Crippen LogP contribution in [-0.2, 0) is 23.1 Å². The molecule has 2 aliphatic rings. The number of aromatic nitrogens is 4. The van der Waals surface area contributed by atoms with Gasteiger partial charge >= 0.3 is 12.1 Å². The van der Waals surface area contributed by atoms with E-state index in [2.05, 4.69) is 20.6 Å². The summed E-state index contributed by atoms with van der Waals surface area (Å²) in [6, 6.07) is 1.25. The normalized spacial score (nSPS) is 20.4. The molecule has 2 aromatic rings. The number of amides is 1. The number of pyridine rings is 1. The Hall–Kier alpha value is -3.24. The Morgan fingerprint density at radius 1 is 1.24 bits per heavy atom. The molecule has 11 heteroatoms. The van der Waals surface area contributed by atoms with Crippen molar-refractivity contribution in [3.8, 4) is 17.1 Å². The maximum Gasteiger partial charge on any atom is 0.407 e. The lowest BCUT2D eigenvalue weighted by Gasteiger charge is -2.27. The van der Waals surface area contributed by atoms with Crippen LogP contribution in [0.4, 0.5) is 9.18 Å². The average molecular weight is 476 g/mol. The second-order valence-electron chi connectivity index (χ2n) is 9.10. The molecule has 2 saturated carbocycles. The van der Waals surface area contributed by atoms with Gasteiger partial charge in [0.25, 0.3) is 0 Å². The van der Waals surface area contributed by atoms with Crippen LogP contribution in [0.3, 0.4) is 0 Å². The zero-order valence-corrected chi connectivity index (χ0v) is 19.4. The first-order valence-corrected chi connectivity index (χ1v) is 11.7. The van der Waals surface area contributed by atoms with Gasteiger partial charge in [-0.2, -0.15) is 0 Å². The topological polar surface area (TPSA) is 128 Å². The smallest absolute Gasteiger partial charge is 0.407 e. The molecule has 0 saturated heterocycles. The van der Waals surface area contributed by atoms with Gasteiger partial charge in [0.1, 0.15) is 17.1 Å². The number of aryl methyl sites for hydroxylation is 2. The van der Waals surface area contributed by atoms with Crippen molar-refractivity contribution >= 4 is 12.1 Å². The third-order valence-corrected chi connectivity index (χ3v) is 6.63. The van der Waals surface area contributed by atoms with Crippen LogP contribution in [0.1, 0.15) is 56.3 Å². The number of carbonyl (C=O) groups excluding carboxylic acids is 1. The highest BCUT2D eigenvalue weighted by molar-refractivity contribution is 5.70. The molecule has 2 fully saturated rings. The molecule has 1 amide bonds. The van der Waals surface area contributed by atoms with Crippen molar-refractivity contribution < 1.29 is 28.6 Å². The fourth-order valence-electron chi connectivity index (χ4n) is 4.32. The van der Waals surface area contributed by atoms with Crippen LogP contribution >= 0.6 is 0 Å². The van der Waals surface area contributed by atoms with Crippen LogP contribution in [-0.4, -0.2) is 49.9 Å². The summed E-state index contributed by atoms with van der Waals surface area (Å²) in [6.45, 7) is 2.15. The number of nitrogens with one attached hydrogen (secondary N) is 1. The maximum absolute atomic E-state index is 15.1. The predicted octanol–water partition coefficient (Wildman–Crippen LogP) is 3.37. The van der Waals surface area contributed by atoms with Crippen LogP contribution in [0, 0.1) is 24.6 Å². The van der Waals surface area contributed by atoms with Crippen molar-refractivity contribution in [1.82, 2.24) is 25.3 Å². The van der Waals surface area contributed by atoms with E-state index in [1.54, 1.807) is 14.0 Å². The predicted molar refractivity (Wildman–Crippen MR) is 118 cm³/mol. The number of hydrogen-bond acceptors (Lipinski definition) is 7. The van der Waals surface area contributed by atoms with Crippen molar-refractivity contribution in [2.45, 2.75) is 64.5 Å². The van der Waals surface area contributed by atoms with Crippen LogP contribution in [0.25, 0.3) is 11.4 Å². The molecule has 0 spiro atoms. The molecule has 0 aromatic carbocycles. The molecule has 2 aromatic heterocycles. The number of carboxylic acids is 1. The second kappa shape index (κ2) is 10.4. The fraction of sp³-hybridized carbons (Fsp3) is 0.609. The minimum atomic E-state index is -0.833. The molecular weight excluding hydrogens is 445 g/mol. The van der Waals surface area contributed by atoms with Gasteiger partial charge in [0.05, 0.1) is 36.6 Å². The summed E-state index contributed by atoms with van der Waals surface area (Å²) in [5, 5.41) is 20.0. The molecule has 2 heterocycles. The minimum Gasteiger partial charge on any atom is -0.488 e. The number of carbonyl (C=O) groups is 2. The molecule has 10 nitrogen and oxygen atoms in total. The molecule has 0 unspecified atom stereocenters. The first kappa shape index (κ1) is 23.9. The molecule has 2 N–H and O–H groups in total. The van der Waals surface area contributed by atoms with Crippen molar-refractivity contribution in [2.24, 2.45) is 18.9 Å². The number of alkyl carbamates (subject to hydrolysis) is 1. The summed E-state index contributed by atoms with van der Waals surface area (Å²) in [5.41, 5.74) is 1.16. The van der Waals surface area contributed by atoms with Crippen LogP contribution < -0.4 is 10.1 Å². The first-order chi connectivity index (χ1) is 16.3. The molecule has 0 radical (unpaired) electrons. The number of hydrogen-bond donors (Lipinski definition) is 2. The van der Waals surface area contributed by atoms with Crippen LogP contribution in [0.15, 0.2) is 6.07 Å². The number of halogens is 1. The average Bonchev–Trinajstić information content (AvgIpc) is 3.13. The van der Waals surface area contributed by atoms with Gasteiger partial charge in [-0.25, -0.2) is 18.9 Å². The zero-order chi connectivity index (χ0) is 24.2. The van der Waals surface area contributed by atoms with Crippen molar-refractivity contribution in [1.29, 1.82) is 0 Å². The number of rotatable bonds is 8. The highest BCUT2D eigenvalue weighted by Gasteiger charge is 2.29. The highest BCUT2D eigenvalue weighted by Crippen LogP contribution is 2.32. The number of aliphatic carboxylic acids is 1. The Bertz CT molecular complexity index is 1050. The summed E-state index contributed by atoms with van der Waals surface area (Å²) in [7, 11) is 1.65. The standard InChI is InChI=1S/C23H30FN5O5/c1-13-19(34-16-8-4-7-15(9-16)22(30)31)10-17(24)20(26-13)21-18(29(2)28-27-21)11-25-23(32)33-12-14-5-3-6-14/h10,14-16H,3-9,11-12H2,1-2H3,(H,25,32)(H,30,31)/t15-,16-/m0/s1. The summed E-state index contributed by atoms with van der Waals surface area (Å²) in [5.74, 6) is -1.21. The third kappa shape index (κ3) is 5.45. The van der Waals surface area contributed by atoms with Gasteiger partial charge in [0.2, 0.25) is 0 Å². The summed E-state index contributed by atoms with van der Waals surface area (Å²) in [4.78, 5) is 27.7. The van der Waals surface area contributed by atoms with E-state index in [1.165, 1.54) is 17.2 Å². The minimum absolute atomic E-state index is 0.00430. The highest BCUT2D eigenvalue weighted by atomic mass is 19.1. The molecule has 2 atom stereocenters. The van der Waals surface area contributed by atoms with Gasteiger partial charge in [-0.15, -0.1) is 5.10 Å². The first-order valence-electron chi connectivity index (χ1n) is 11.7. The van der Waals surface area contributed by atoms with E-state index in [1.807, 2.05) is 0 Å². The maximum atomic E-state index is 15.1. The number of nitrogens with zero attached hydrogens (tertiary/aromatic N) is 4. The van der Waals surface area contributed by atoms with Gasteiger partial charge < -0.3 is 19.9 Å². The number of ether oxygens (including phenoxy) is 2. The lowest BCUT2D eigenvalue weighted by atomic mass is 9.86. The van der Waals surface area contributed by atoms with E-state index in [0.29, 0.717) is 43.2 Å². The van der Waals surface area contributed by atoms with E-state index < -0.39 is 23.8 Å². The van der Waals surface area contributed by atoms with E-state index in [9.17, 15) is 14.7 Å². The fourth-order valence-corrected chi connectivity index (χ4v) is 4.32. The van der Waals surface area contributed by atoms with Crippen molar-refractivity contribution in [3.63, 3.8) is 0 Å². The summed E-state index contributed by atoms with van der Waals surface area (Å²) < 4.78 is 27.7.